The molecule has 1 fully saturated rings. The molecule has 1 saturated heterocycles. The van der Waals surface area contributed by atoms with Gasteiger partial charge in [-0.1, -0.05) is 37.6 Å². The van der Waals surface area contributed by atoms with Crippen LogP contribution in [0.15, 0.2) is 24.3 Å². The Labute approximate surface area is 128 Å². The van der Waals surface area contributed by atoms with Gasteiger partial charge in [0, 0.05) is 18.2 Å². The lowest BCUT2D eigenvalue weighted by atomic mass is 10.0. The van der Waals surface area contributed by atoms with E-state index in [9.17, 15) is 4.79 Å². The molecule has 0 aromatic heterocycles. The van der Waals surface area contributed by atoms with Crippen molar-refractivity contribution in [1.82, 2.24) is 9.80 Å². The van der Waals surface area contributed by atoms with Crippen LogP contribution >= 0.6 is 0 Å². The molecule has 0 saturated carbocycles. The highest BCUT2D eigenvalue weighted by atomic mass is 16.1. The average Bonchev–Trinajstić information content (AvgIpc) is 2.48. The molecule has 0 radical (unpaired) electrons. The van der Waals surface area contributed by atoms with Crippen LogP contribution in [0.2, 0.25) is 0 Å². The fourth-order valence-corrected chi connectivity index (χ4v) is 3.04. The Bertz CT molecular complexity index is 453. The van der Waals surface area contributed by atoms with E-state index in [-0.39, 0.29) is 5.78 Å². The SMILES string of the molecule is CCCc1ccc(C(=O)CN2CCCC(N(C)C)C2)cc1. The van der Waals surface area contributed by atoms with Gasteiger partial charge in [-0.15, -0.1) is 0 Å². The maximum absolute atomic E-state index is 12.4. The molecule has 0 aliphatic carbocycles. The fraction of sp³-hybridized carbons (Fsp3) is 0.611. The Balaban J connectivity index is 1.91. The van der Waals surface area contributed by atoms with Gasteiger partial charge in [0.05, 0.1) is 6.54 Å². The summed E-state index contributed by atoms with van der Waals surface area (Å²) in [5, 5.41) is 0. The molecule has 21 heavy (non-hydrogen) atoms. The molecule has 1 atom stereocenters. The van der Waals surface area contributed by atoms with Gasteiger partial charge in [0.1, 0.15) is 0 Å². The summed E-state index contributed by atoms with van der Waals surface area (Å²) in [5.74, 6) is 0.248. The molecule has 0 N–H and O–H groups in total. The molecular formula is C18H28N2O. The molecule has 0 amide bonds. The summed E-state index contributed by atoms with van der Waals surface area (Å²) in [5.41, 5.74) is 2.17. The van der Waals surface area contributed by atoms with E-state index in [1.165, 1.54) is 18.4 Å². The van der Waals surface area contributed by atoms with Crippen LogP contribution < -0.4 is 0 Å². The number of Topliss-reactive ketones (excluding diaryl/α,β-unsaturated/α-hetero) is 1. The van der Waals surface area contributed by atoms with Crippen LogP contribution in [0.1, 0.15) is 42.1 Å². The van der Waals surface area contributed by atoms with Crippen molar-refractivity contribution in [2.45, 2.75) is 38.6 Å². The highest BCUT2D eigenvalue weighted by Gasteiger charge is 2.23. The standard InChI is InChI=1S/C18H28N2O/c1-4-6-15-8-10-16(11-9-15)18(21)14-20-12-5-7-17(13-20)19(2)3/h8-11,17H,4-7,12-14H2,1-3H3. The van der Waals surface area contributed by atoms with E-state index >= 15 is 0 Å². The molecule has 3 nitrogen and oxygen atoms in total. The third-order valence-electron chi connectivity index (χ3n) is 4.39. The molecular weight excluding hydrogens is 260 g/mol. The summed E-state index contributed by atoms with van der Waals surface area (Å²) in [4.78, 5) is 17.0. The zero-order chi connectivity index (χ0) is 15.2. The first kappa shape index (κ1) is 16.2. The molecule has 1 heterocycles. The number of carbonyl (C=O) groups excluding carboxylic acids is 1. The zero-order valence-electron chi connectivity index (χ0n) is 13.6. The van der Waals surface area contributed by atoms with E-state index in [4.69, 9.17) is 0 Å². The normalized spacial score (nSPS) is 19.9. The van der Waals surface area contributed by atoms with Crippen LogP contribution in [-0.4, -0.2) is 55.4 Å². The number of rotatable bonds is 6. The van der Waals surface area contributed by atoms with Gasteiger partial charge in [0.15, 0.2) is 5.78 Å². The lowest BCUT2D eigenvalue weighted by Gasteiger charge is -2.35. The van der Waals surface area contributed by atoms with Crippen molar-refractivity contribution in [3.8, 4) is 0 Å². The second kappa shape index (κ2) is 7.71. The highest BCUT2D eigenvalue weighted by molar-refractivity contribution is 5.97. The predicted octanol–water partition coefficient (Wildman–Crippen LogP) is 2.85. The zero-order valence-corrected chi connectivity index (χ0v) is 13.6. The summed E-state index contributed by atoms with van der Waals surface area (Å²) in [6.45, 7) is 4.78. The molecule has 1 unspecified atom stereocenters. The average molecular weight is 288 g/mol. The number of likely N-dealkylation sites (N-methyl/N-ethyl adjacent to an activating group) is 1. The van der Waals surface area contributed by atoms with Crippen molar-refractivity contribution in [1.29, 1.82) is 0 Å². The molecule has 1 aromatic carbocycles. The molecule has 116 valence electrons. The summed E-state index contributed by atoms with van der Waals surface area (Å²) in [6, 6.07) is 8.74. The first-order chi connectivity index (χ1) is 10.1. The molecule has 0 spiro atoms. The largest absolute Gasteiger partial charge is 0.305 e. The summed E-state index contributed by atoms with van der Waals surface area (Å²) in [7, 11) is 4.25. The number of nitrogens with zero attached hydrogens (tertiary/aromatic N) is 2. The van der Waals surface area contributed by atoms with Gasteiger partial charge in [-0.2, -0.15) is 0 Å². The van der Waals surface area contributed by atoms with E-state index in [2.05, 4.69) is 43.0 Å². The van der Waals surface area contributed by atoms with Crippen molar-refractivity contribution < 1.29 is 4.79 Å². The van der Waals surface area contributed by atoms with Gasteiger partial charge >= 0.3 is 0 Å². The topological polar surface area (TPSA) is 23.6 Å². The van der Waals surface area contributed by atoms with E-state index in [0.29, 0.717) is 12.6 Å². The molecule has 2 rings (SSSR count). The number of piperidine rings is 1. The Kier molecular flexibility index (Phi) is 5.95. The maximum Gasteiger partial charge on any atom is 0.176 e. The second-order valence-corrected chi connectivity index (χ2v) is 6.36. The second-order valence-electron chi connectivity index (χ2n) is 6.36. The number of likely N-dealkylation sites (tertiary alicyclic amines) is 1. The Morgan fingerprint density at radius 3 is 2.62 bits per heavy atom. The third kappa shape index (κ3) is 4.65. The minimum atomic E-state index is 0.248. The fourth-order valence-electron chi connectivity index (χ4n) is 3.04. The third-order valence-corrected chi connectivity index (χ3v) is 4.39. The molecule has 1 aliphatic rings. The van der Waals surface area contributed by atoms with Gasteiger partial charge in [0.25, 0.3) is 0 Å². The van der Waals surface area contributed by atoms with Crippen LogP contribution in [0.5, 0.6) is 0 Å². The van der Waals surface area contributed by atoms with Crippen LogP contribution in [0.4, 0.5) is 0 Å². The smallest absolute Gasteiger partial charge is 0.176 e. The lowest BCUT2D eigenvalue weighted by Crippen LogP contribution is -2.46. The highest BCUT2D eigenvalue weighted by Crippen LogP contribution is 2.15. The molecule has 0 bridgehead atoms. The van der Waals surface area contributed by atoms with Gasteiger partial charge < -0.3 is 4.90 Å². The van der Waals surface area contributed by atoms with E-state index in [0.717, 1.165) is 31.5 Å². The quantitative estimate of drug-likeness (QED) is 0.752. The van der Waals surface area contributed by atoms with Crippen molar-refractivity contribution in [2.75, 3.05) is 33.7 Å². The maximum atomic E-state index is 12.4. The van der Waals surface area contributed by atoms with Crippen LogP contribution in [0, 0.1) is 0 Å². The molecule has 1 aromatic rings. The summed E-state index contributed by atoms with van der Waals surface area (Å²) < 4.78 is 0. The van der Waals surface area contributed by atoms with Gasteiger partial charge in [0.2, 0.25) is 0 Å². The van der Waals surface area contributed by atoms with Crippen molar-refractivity contribution >= 4 is 5.78 Å². The lowest BCUT2D eigenvalue weighted by molar-refractivity contribution is 0.0852. The van der Waals surface area contributed by atoms with Gasteiger partial charge in [-0.25, -0.2) is 0 Å². The predicted molar refractivity (Wildman–Crippen MR) is 87.9 cm³/mol. The number of hydrogen-bond donors (Lipinski definition) is 0. The van der Waals surface area contributed by atoms with E-state index < -0.39 is 0 Å². The molecule has 3 heteroatoms. The number of carbonyl (C=O) groups is 1. The van der Waals surface area contributed by atoms with E-state index in [1.54, 1.807) is 0 Å². The number of hydrogen-bond acceptors (Lipinski definition) is 3. The molecule has 1 aliphatic heterocycles. The van der Waals surface area contributed by atoms with Crippen LogP contribution in [0.25, 0.3) is 0 Å². The van der Waals surface area contributed by atoms with Crippen molar-refractivity contribution in [3.63, 3.8) is 0 Å². The minimum absolute atomic E-state index is 0.248. The Morgan fingerprint density at radius 2 is 2.00 bits per heavy atom. The first-order valence-electron chi connectivity index (χ1n) is 8.11. The first-order valence-corrected chi connectivity index (χ1v) is 8.11. The number of aryl methyl sites for hydroxylation is 1. The Hall–Kier alpha value is -1.19. The summed E-state index contributed by atoms with van der Waals surface area (Å²) >= 11 is 0. The summed E-state index contributed by atoms with van der Waals surface area (Å²) in [6.07, 6.45) is 4.66. The van der Waals surface area contributed by atoms with Crippen LogP contribution in [0.3, 0.4) is 0 Å². The monoisotopic (exact) mass is 288 g/mol. The van der Waals surface area contributed by atoms with Gasteiger partial charge in [-0.05, 0) is 45.5 Å². The number of benzene rings is 1. The van der Waals surface area contributed by atoms with Gasteiger partial charge in [-0.3, -0.25) is 9.69 Å². The van der Waals surface area contributed by atoms with Crippen LogP contribution in [-0.2, 0) is 6.42 Å². The minimum Gasteiger partial charge on any atom is -0.305 e. The van der Waals surface area contributed by atoms with E-state index in [1.807, 2.05) is 12.1 Å². The van der Waals surface area contributed by atoms with Crippen molar-refractivity contribution in [2.24, 2.45) is 0 Å². The Morgan fingerprint density at radius 1 is 1.29 bits per heavy atom. The van der Waals surface area contributed by atoms with Crippen molar-refractivity contribution in [3.05, 3.63) is 35.4 Å². The number of ketones is 1.